The van der Waals surface area contributed by atoms with Crippen LogP contribution in [-0.4, -0.2) is 28.3 Å². The van der Waals surface area contributed by atoms with Crippen LogP contribution in [0, 0.1) is 11.8 Å². The minimum absolute atomic E-state index is 0.489. The van der Waals surface area contributed by atoms with Crippen molar-refractivity contribution in [3.8, 4) is 0 Å². The van der Waals surface area contributed by atoms with Gasteiger partial charge in [0.2, 0.25) is 0 Å². The predicted molar refractivity (Wildman–Crippen MR) is 81.4 cm³/mol. The van der Waals surface area contributed by atoms with Gasteiger partial charge >= 0.3 is 0 Å². The Morgan fingerprint density at radius 1 is 1.22 bits per heavy atom. The van der Waals surface area contributed by atoms with E-state index < -0.39 is 10.8 Å². The number of nitrogens with one attached hydrogen (secondary N) is 1. The maximum Gasteiger partial charge on any atom is 0.0391 e. The molecule has 108 valence electrons. The van der Waals surface area contributed by atoms with Crippen molar-refractivity contribution >= 4 is 10.8 Å². The quantitative estimate of drug-likeness (QED) is 0.735. The van der Waals surface area contributed by atoms with Crippen LogP contribution in [0.5, 0.6) is 0 Å². The van der Waals surface area contributed by atoms with E-state index in [-0.39, 0.29) is 0 Å². The lowest BCUT2D eigenvalue weighted by Crippen LogP contribution is -2.41. The van der Waals surface area contributed by atoms with E-state index in [2.05, 4.69) is 26.1 Å². The molecule has 1 rings (SSSR count). The molecule has 0 aromatic rings. The smallest absolute Gasteiger partial charge is 0.0391 e. The van der Waals surface area contributed by atoms with Gasteiger partial charge < -0.3 is 5.32 Å². The zero-order chi connectivity index (χ0) is 13.4. The van der Waals surface area contributed by atoms with Gasteiger partial charge in [0.1, 0.15) is 0 Å². The van der Waals surface area contributed by atoms with Crippen LogP contribution in [-0.2, 0) is 10.8 Å². The Morgan fingerprint density at radius 3 is 2.44 bits per heavy atom. The molecule has 18 heavy (non-hydrogen) atoms. The van der Waals surface area contributed by atoms with Crippen LogP contribution in [0.1, 0.15) is 59.3 Å². The summed E-state index contributed by atoms with van der Waals surface area (Å²) >= 11 is 0. The van der Waals surface area contributed by atoms with Crippen LogP contribution in [0.25, 0.3) is 0 Å². The van der Waals surface area contributed by atoms with E-state index in [0.717, 1.165) is 30.4 Å². The van der Waals surface area contributed by atoms with Gasteiger partial charge in [-0.25, -0.2) is 0 Å². The Kier molecular flexibility index (Phi) is 8.16. The van der Waals surface area contributed by atoms with E-state index in [9.17, 15) is 4.21 Å². The molecular weight excluding hydrogens is 242 g/mol. The minimum atomic E-state index is -0.636. The first-order valence-corrected chi connectivity index (χ1v) is 9.20. The number of rotatable bonds is 8. The highest BCUT2D eigenvalue weighted by atomic mass is 32.2. The molecule has 0 bridgehead atoms. The average Bonchev–Trinajstić information content (AvgIpc) is 2.37. The lowest BCUT2D eigenvalue weighted by Gasteiger charge is -2.30. The van der Waals surface area contributed by atoms with Gasteiger partial charge in [0.15, 0.2) is 0 Å². The molecule has 3 heteroatoms. The molecule has 2 unspecified atom stereocenters. The van der Waals surface area contributed by atoms with Crippen molar-refractivity contribution in [2.45, 2.75) is 65.3 Å². The molecule has 0 saturated heterocycles. The Morgan fingerprint density at radius 2 is 1.89 bits per heavy atom. The minimum Gasteiger partial charge on any atom is -0.313 e. The molecule has 1 aliphatic carbocycles. The monoisotopic (exact) mass is 273 g/mol. The lowest BCUT2D eigenvalue weighted by atomic mass is 9.84. The molecule has 2 atom stereocenters. The molecule has 1 N–H and O–H groups in total. The van der Waals surface area contributed by atoms with E-state index >= 15 is 0 Å². The molecule has 0 aromatic heterocycles. The standard InChI is InChI=1S/C15H31NOS/c1-4-16-15(14-8-6-5-7-9-14)12-18(17)11-10-13(2)3/h13-16H,4-12H2,1-3H3. The Bertz CT molecular complexity index is 237. The first-order chi connectivity index (χ1) is 8.63. The fraction of sp³-hybridized carbons (Fsp3) is 1.00. The average molecular weight is 273 g/mol. The van der Waals surface area contributed by atoms with Crippen LogP contribution in [0.15, 0.2) is 0 Å². The molecule has 0 radical (unpaired) electrons. The molecule has 0 aromatic carbocycles. The highest BCUT2D eigenvalue weighted by Crippen LogP contribution is 2.27. The summed E-state index contributed by atoms with van der Waals surface area (Å²) in [5.41, 5.74) is 0. The molecule has 1 aliphatic rings. The summed E-state index contributed by atoms with van der Waals surface area (Å²) in [4.78, 5) is 0. The molecule has 0 aliphatic heterocycles. The van der Waals surface area contributed by atoms with Gasteiger partial charge in [-0.2, -0.15) is 0 Å². The summed E-state index contributed by atoms with van der Waals surface area (Å²) in [6, 6.07) is 0.489. The van der Waals surface area contributed by atoms with Crippen molar-refractivity contribution in [2.75, 3.05) is 18.1 Å². The normalized spacial score (nSPS) is 21.1. The molecule has 0 heterocycles. The summed E-state index contributed by atoms with van der Waals surface area (Å²) < 4.78 is 12.1. The highest BCUT2D eigenvalue weighted by Gasteiger charge is 2.24. The Balaban J connectivity index is 2.38. The maximum absolute atomic E-state index is 12.1. The van der Waals surface area contributed by atoms with Gasteiger partial charge in [-0.3, -0.25) is 4.21 Å². The molecule has 0 spiro atoms. The van der Waals surface area contributed by atoms with E-state index in [1.165, 1.54) is 32.1 Å². The van der Waals surface area contributed by atoms with E-state index in [4.69, 9.17) is 0 Å². The second kappa shape index (κ2) is 9.08. The third-order valence-electron chi connectivity index (χ3n) is 3.97. The van der Waals surface area contributed by atoms with Gasteiger partial charge in [-0.05, 0) is 37.6 Å². The number of hydrogen-bond donors (Lipinski definition) is 1. The molecule has 2 nitrogen and oxygen atoms in total. The van der Waals surface area contributed by atoms with Crippen molar-refractivity contribution in [1.82, 2.24) is 5.32 Å². The van der Waals surface area contributed by atoms with Crippen molar-refractivity contribution in [3.63, 3.8) is 0 Å². The van der Waals surface area contributed by atoms with E-state index in [1.807, 2.05) is 0 Å². The molecule has 0 amide bonds. The summed E-state index contributed by atoms with van der Waals surface area (Å²) in [5.74, 6) is 3.18. The summed E-state index contributed by atoms with van der Waals surface area (Å²) in [6.45, 7) is 7.58. The fourth-order valence-electron chi connectivity index (χ4n) is 2.81. The Labute approximate surface area is 116 Å². The largest absolute Gasteiger partial charge is 0.313 e. The van der Waals surface area contributed by atoms with Gasteiger partial charge in [0.25, 0.3) is 0 Å². The second-order valence-electron chi connectivity index (χ2n) is 6.06. The van der Waals surface area contributed by atoms with E-state index in [1.54, 1.807) is 0 Å². The molecular formula is C15H31NOS. The van der Waals surface area contributed by atoms with Gasteiger partial charge in [0.05, 0.1) is 0 Å². The van der Waals surface area contributed by atoms with Crippen molar-refractivity contribution in [3.05, 3.63) is 0 Å². The van der Waals surface area contributed by atoms with Crippen LogP contribution < -0.4 is 5.32 Å². The first kappa shape index (κ1) is 16.2. The molecule has 1 saturated carbocycles. The lowest BCUT2D eigenvalue weighted by molar-refractivity contribution is 0.287. The van der Waals surface area contributed by atoms with Crippen molar-refractivity contribution < 1.29 is 4.21 Å². The summed E-state index contributed by atoms with van der Waals surface area (Å²) in [5, 5.41) is 3.58. The number of hydrogen-bond acceptors (Lipinski definition) is 2. The van der Waals surface area contributed by atoms with Crippen LogP contribution >= 0.6 is 0 Å². The van der Waals surface area contributed by atoms with Gasteiger partial charge in [-0.1, -0.05) is 40.0 Å². The van der Waals surface area contributed by atoms with Crippen LogP contribution in [0.4, 0.5) is 0 Å². The summed E-state index contributed by atoms with van der Waals surface area (Å²) in [7, 11) is -0.636. The third kappa shape index (κ3) is 6.33. The summed E-state index contributed by atoms with van der Waals surface area (Å²) in [6.07, 6.45) is 7.89. The second-order valence-corrected chi connectivity index (χ2v) is 7.68. The van der Waals surface area contributed by atoms with E-state index in [0.29, 0.717) is 12.0 Å². The first-order valence-electron chi connectivity index (χ1n) is 7.71. The fourth-order valence-corrected chi connectivity index (χ4v) is 4.50. The SMILES string of the molecule is CCNC(CS(=O)CCC(C)C)C1CCCCC1. The zero-order valence-corrected chi connectivity index (χ0v) is 13.2. The topological polar surface area (TPSA) is 29.1 Å². The van der Waals surface area contributed by atoms with Crippen LogP contribution in [0.3, 0.4) is 0 Å². The Hall–Kier alpha value is 0.110. The molecule has 1 fully saturated rings. The van der Waals surface area contributed by atoms with Gasteiger partial charge in [-0.15, -0.1) is 0 Å². The highest BCUT2D eigenvalue weighted by molar-refractivity contribution is 7.85. The van der Waals surface area contributed by atoms with Crippen LogP contribution in [0.2, 0.25) is 0 Å². The predicted octanol–water partition coefficient (Wildman–Crippen LogP) is 3.34. The zero-order valence-electron chi connectivity index (χ0n) is 12.4. The van der Waals surface area contributed by atoms with Crippen molar-refractivity contribution in [1.29, 1.82) is 0 Å². The van der Waals surface area contributed by atoms with Crippen molar-refractivity contribution in [2.24, 2.45) is 11.8 Å². The van der Waals surface area contributed by atoms with Gasteiger partial charge in [0, 0.05) is 28.3 Å². The maximum atomic E-state index is 12.1. The third-order valence-corrected chi connectivity index (χ3v) is 5.40.